The molecule has 0 saturated carbocycles. The van der Waals surface area contributed by atoms with Gasteiger partial charge in [0.05, 0.1) is 6.61 Å². The third-order valence-corrected chi connectivity index (χ3v) is 2.82. The van der Waals surface area contributed by atoms with Gasteiger partial charge in [-0.2, -0.15) is 0 Å². The normalized spacial score (nSPS) is 14.5. The molecule has 1 rings (SSSR count). The minimum atomic E-state index is 0.296. The van der Waals surface area contributed by atoms with Crippen LogP contribution in [0.15, 0.2) is 24.3 Å². The van der Waals surface area contributed by atoms with Crippen LogP contribution in [0.4, 0.5) is 0 Å². The van der Waals surface area contributed by atoms with Crippen molar-refractivity contribution >= 4 is 0 Å². The summed E-state index contributed by atoms with van der Waals surface area (Å²) in [5.41, 5.74) is 7.13. The van der Waals surface area contributed by atoms with Crippen LogP contribution in [-0.2, 0) is 0 Å². The van der Waals surface area contributed by atoms with Crippen LogP contribution in [0.1, 0.15) is 45.1 Å². The highest BCUT2D eigenvalue weighted by Gasteiger charge is 2.06. The third kappa shape index (κ3) is 4.23. The van der Waals surface area contributed by atoms with Crippen molar-refractivity contribution in [3.05, 3.63) is 29.8 Å². The van der Waals surface area contributed by atoms with Crippen molar-refractivity contribution in [3.8, 4) is 5.75 Å². The molecule has 1 aromatic carbocycles. The first-order valence-electron chi connectivity index (χ1n) is 6.11. The van der Waals surface area contributed by atoms with Crippen molar-refractivity contribution < 1.29 is 4.74 Å². The molecule has 0 bridgehead atoms. The van der Waals surface area contributed by atoms with Gasteiger partial charge in [-0.05, 0) is 50.3 Å². The first-order valence-corrected chi connectivity index (χ1v) is 6.11. The van der Waals surface area contributed by atoms with Crippen LogP contribution in [-0.4, -0.2) is 12.6 Å². The van der Waals surface area contributed by atoms with E-state index in [1.54, 1.807) is 0 Å². The third-order valence-electron chi connectivity index (χ3n) is 2.82. The molecule has 2 unspecified atom stereocenters. The summed E-state index contributed by atoms with van der Waals surface area (Å²) < 4.78 is 5.42. The van der Waals surface area contributed by atoms with Gasteiger partial charge in [0.25, 0.3) is 0 Å². The summed E-state index contributed by atoms with van der Waals surface area (Å²) in [5.74, 6) is 1.52. The van der Waals surface area contributed by atoms with E-state index in [1.165, 1.54) is 5.56 Å². The van der Waals surface area contributed by atoms with Gasteiger partial charge in [-0.25, -0.2) is 0 Å². The van der Waals surface area contributed by atoms with E-state index in [-0.39, 0.29) is 0 Å². The van der Waals surface area contributed by atoms with Crippen molar-refractivity contribution in [2.24, 2.45) is 5.73 Å². The van der Waals surface area contributed by atoms with Gasteiger partial charge in [0.1, 0.15) is 5.75 Å². The van der Waals surface area contributed by atoms with Crippen LogP contribution >= 0.6 is 0 Å². The average Bonchev–Trinajstić information content (AvgIpc) is 2.27. The molecule has 2 nitrogen and oxygen atoms in total. The quantitative estimate of drug-likeness (QED) is 0.799. The summed E-state index contributed by atoms with van der Waals surface area (Å²) in [6.45, 7) is 7.03. The Hall–Kier alpha value is -1.02. The van der Waals surface area contributed by atoms with Gasteiger partial charge in [0.15, 0.2) is 0 Å². The number of nitrogens with two attached hydrogens (primary N) is 1. The van der Waals surface area contributed by atoms with Crippen LogP contribution < -0.4 is 10.5 Å². The highest BCUT2D eigenvalue weighted by molar-refractivity contribution is 5.29. The number of rotatable bonds is 6. The standard InChI is InChI=1S/C14H23NO/c1-4-16-14-9-7-13(8-10-14)11(2)5-6-12(3)15/h7-12H,4-6,15H2,1-3H3. The number of hydrogen-bond donors (Lipinski definition) is 1. The molecule has 1 aromatic rings. The minimum Gasteiger partial charge on any atom is -0.494 e. The fraction of sp³-hybridized carbons (Fsp3) is 0.571. The lowest BCUT2D eigenvalue weighted by atomic mass is 9.95. The smallest absolute Gasteiger partial charge is 0.119 e. The highest BCUT2D eigenvalue weighted by atomic mass is 16.5. The molecule has 0 aliphatic rings. The van der Waals surface area contributed by atoms with E-state index in [0.717, 1.165) is 25.2 Å². The van der Waals surface area contributed by atoms with E-state index in [4.69, 9.17) is 10.5 Å². The van der Waals surface area contributed by atoms with Crippen LogP contribution in [0.5, 0.6) is 5.75 Å². The summed E-state index contributed by atoms with van der Waals surface area (Å²) in [5, 5.41) is 0. The second kappa shape index (κ2) is 6.54. The van der Waals surface area contributed by atoms with Gasteiger partial charge in [-0.1, -0.05) is 19.1 Å². The molecule has 0 aliphatic carbocycles. The molecule has 0 spiro atoms. The molecule has 0 heterocycles. The van der Waals surface area contributed by atoms with Crippen molar-refractivity contribution in [1.82, 2.24) is 0 Å². The van der Waals surface area contributed by atoms with Gasteiger partial charge in [0.2, 0.25) is 0 Å². The lowest BCUT2D eigenvalue weighted by molar-refractivity contribution is 0.340. The van der Waals surface area contributed by atoms with Crippen LogP contribution in [0, 0.1) is 0 Å². The largest absolute Gasteiger partial charge is 0.494 e. The SMILES string of the molecule is CCOc1ccc(C(C)CCC(C)N)cc1. The molecule has 0 aromatic heterocycles. The van der Waals surface area contributed by atoms with Crippen molar-refractivity contribution in [1.29, 1.82) is 0 Å². The predicted molar refractivity (Wildman–Crippen MR) is 68.9 cm³/mol. The van der Waals surface area contributed by atoms with Crippen LogP contribution in [0.3, 0.4) is 0 Å². The molecule has 2 N–H and O–H groups in total. The molecule has 2 atom stereocenters. The molecule has 2 heteroatoms. The molecule has 0 saturated heterocycles. The average molecular weight is 221 g/mol. The molecule has 0 amide bonds. The zero-order valence-electron chi connectivity index (χ0n) is 10.6. The van der Waals surface area contributed by atoms with Gasteiger partial charge >= 0.3 is 0 Å². The molecule has 90 valence electrons. The molecule has 0 radical (unpaired) electrons. The Morgan fingerprint density at radius 2 is 1.75 bits per heavy atom. The summed E-state index contributed by atoms with van der Waals surface area (Å²) in [7, 11) is 0. The Kier molecular flexibility index (Phi) is 5.33. The number of benzene rings is 1. The fourth-order valence-corrected chi connectivity index (χ4v) is 1.74. The fourth-order valence-electron chi connectivity index (χ4n) is 1.74. The minimum absolute atomic E-state index is 0.296. The van der Waals surface area contributed by atoms with Crippen molar-refractivity contribution in [2.45, 2.75) is 45.6 Å². The van der Waals surface area contributed by atoms with E-state index >= 15 is 0 Å². The molecular weight excluding hydrogens is 198 g/mol. The van der Waals surface area contributed by atoms with Crippen LogP contribution in [0.2, 0.25) is 0 Å². The highest BCUT2D eigenvalue weighted by Crippen LogP contribution is 2.23. The second-order valence-electron chi connectivity index (χ2n) is 4.46. The Balaban J connectivity index is 2.52. The Morgan fingerprint density at radius 1 is 1.12 bits per heavy atom. The summed E-state index contributed by atoms with van der Waals surface area (Å²) in [6.07, 6.45) is 2.22. The zero-order chi connectivity index (χ0) is 12.0. The Labute approximate surface area is 98.8 Å². The van der Waals surface area contributed by atoms with Gasteiger partial charge < -0.3 is 10.5 Å². The number of hydrogen-bond acceptors (Lipinski definition) is 2. The van der Waals surface area contributed by atoms with E-state index in [9.17, 15) is 0 Å². The van der Waals surface area contributed by atoms with Crippen LogP contribution in [0.25, 0.3) is 0 Å². The maximum atomic E-state index is 5.76. The van der Waals surface area contributed by atoms with E-state index < -0.39 is 0 Å². The first-order chi connectivity index (χ1) is 7.63. The van der Waals surface area contributed by atoms with Gasteiger partial charge in [-0.3, -0.25) is 0 Å². The second-order valence-corrected chi connectivity index (χ2v) is 4.46. The maximum absolute atomic E-state index is 5.76. The Morgan fingerprint density at radius 3 is 2.25 bits per heavy atom. The van der Waals surface area contributed by atoms with E-state index in [0.29, 0.717) is 12.0 Å². The van der Waals surface area contributed by atoms with E-state index in [1.807, 2.05) is 19.1 Å². The molecule has 0 fully saturated rings. The monoisotopic (exact) mass is 221 g/mol. The van der Waals surface area contributed by atoms with E-state index in [2.05, 4.69) is 26.0 Å². The first kappa shape index (κ1) is 13.0. The lowest BCUT2D eigenvalue weighted by Gasteiger charge is -2.14. The van der Waals surface area contributed by atoms with Crippen molar-refractivity contribution in [2.75, 3.05) is 6.61 Å². The maximum Gasteiger partial charge on any atom is 0.119 e. The molecule has 0 aliphatic heterocycles. The Bertz CT molecular complexity index is 292. The van der Waals surface area contributed by atoms with Crippen molar-refractivity contribution in [3.63, 3.8) is 0 Å². The summed E-state index contributed by atoms with van der Waals surface area (Å²) in [4.78, 5) is 0. The molecule has 16 heavy (non-hydrogen) atoms. The van der Waals surface area contributed by atoms with Gasteiger partial charge in [0, 0.05) is 6.04 Å². The predicted octanol–water partition coefficient (Wildman–Crippen LogP) is 3.32. The lowest BCUT2D eigenvalue weighted by Crippen LogP contribution is -2.15. The summed E-state index contributed by atoms with van der Waals surface area (Å²) in [6, 6.07) is 8.68. The number of ether oxygens (including phenoxy) is 1. The topological polar surface area (TPSA) is 35.2 Å². The summed E-state index contributed by atoms with van der Waals surface area (Å²) >= 11 is 0. The zero-order valence-corrected chi connectivity index (χ0v) is 10.6. The van der Waals surface area contributed by atoms with Gasteiger partial charge in [-0.15, -0.1) is 0 Å². The molecular formula is C14H23NO.